The summed E-state index contributed by atoms with van der Waals surface area (Å²) in [6.45, 7) is 5.57. The zero-order valence-corrected chi connectivity index (χ0v) is 12.0. The molecule has 4 heteroatoms. The number of aryl methyl sites for hydroxylation is 1. The first-order valence-corrected chi connectivity index (χ1v) is 7.23. The summed E-state index contributed by atoms with van der Waals surface area (Å²) in [4.78, 5) is 0. The van der Waals surface area contributed by atoms with Crippen LogP contribution in [0.3, 0.4) is 0 Å². The molecule has 0 aliphatic heterocycles. The summed E-state index contributed by atoms with van der Waals surface area (Å²) in [6, 6.07) is 5.92. The third kappa shape index (κ3) is 2.61. The summed E-state index contributed by atoms with van der Waals surface area (Å²) in [5, 5.41) is 7.72. The van der Waals surface area contributed by atoms with Crippen LogP contribution in [0.4, 0.5) is 4.39 Å². The van der Waals surface area contributed by atoms with Gasteiger partial charge < -0.3 is 5.32 Å². The Bertz CT molecular complexity index is 614. The van der Waals surface area contributed by atoms with E-state index in [1.807, 2.05) is 23.0 Å². The predicted octanol–water partition coefficient (Wildman–Crippen LogP) is 3.27. The molecule has 3 nitrogen and oxygen atoms in total. The highest BCUT2D eigenvalue weighted by Crippen LogP contribution is 2.26. The van der Waals surface area contributed by atoms with Gasteiger partial charge in [-0.3, -0.25) is 4.68 Å². The molecule has 2 aromatic rings. The van der Waals surface area contributed by atoms with Crippen LogP contribution in [0.25, 0.3) is 11.1 Å². The SMILES string of the molecule is CCn1ncc(-c2ccc(F)c(CNC3CC3)c2)c1C. The van der Waals surface area contributed by atoms with Crippen molar-refractivity contribution in [3.05, 3.63) is 41.5 Å². The van der Waals surface area contributed by atoms with Gasteiger partial charge in [0.2, 0.25) is 0 Å². The molecule has 1 heterocycles. The Morgan fingerprint density at radius 2 is 2.20 bits per heavy atom. The van der Waals surface area contributed by atoms with Crippen molar-refractivity contribution in [1.29, 1.82) is 0 Å². The minimum Gasteiger partial charge on any atom is -0.310 e. The van der Waals surface area contributed by atoms with E-state index in [1.54, 1.807) is 6.07 Å². The fraction of sp³-hybridized carbons (Fsp3) is 0.438. The Balaban J connectivity index is 1.88. The Morgan fingerprint density at radius 3 is 2.85 bits per heavy atom. The van der Waals surface area contributed by atoms with Gasteiger partial charge in [-0.15, -0.1) is 0 Å². The van der Waals surface area contributed by atoms with Crippen molar-refractivity contribution in [3.8, 4) is 11.1 Å². The summed E-state index contributed by atoms with van der Waals surface area (Å²) in [5.41, 5.74) is 3.98. The lowest BCUT2D eigenvalue weighted by atomic mass is 10.0. The molecule has 0 saturated heterocycles. The van der Waals surface area contributed by atoms with Crippen molar-refractivity contribution in [2.24, 2.45) is 0 Å². The Morgan fingerprint density at radius 1 is 1.40 bits per heavy atom. The second-order valence-corrected chi connectivity index (χ2v) is 5.42. The topological polar surface area (TPSA) is 29.9 Å². The number of halogens is 1. The van der Waals surface area contributed by atoms with E-state index in [0.717, 1.165) is 28.9 Å². The van der Waals surface area contributed by atoms with Gasteiger partial charge in [0.1, 0.15) is 5.82 Å². The molecule has 1 aromatic heterocycles. The van der Waals surface area contributed by atoms with Crippen LogP contribution in [0, 0.1) is 12.7 Å². The van der Waals surface area contributed by atoms with E-state index < -0.39 is 0 Å². The van der Waals surface area contributed by atoms with Gasteiger partial charge in [0.15, 0.2) is 0 Å². The van der Waals surface area contributed by atoms with Crippen LogP contribution in [0.15, 0.2) is 24.4 Å². The molecule has 1 aliphatic rings. The molecule has 0 radical (unpaired) electrons. The van der Waals surface area contributed by atoms with E-state index in [9.17, 15) is 4.39 Å². The average Bonchev–Trinajstić information content (AvgIpc) is 3.20. The average molecular weight is 273 g/mol. The van der Waals surface area contributed by atoms with E-state index in [-0.39, 0.29) is 5.82 Å². The van der Waals surface area contributed by atoms with Gasteiger partial charge in [0, 0.05) is 36.0 Å². The first-order valence-electron chi connectivity index (χ1n) is 7.23. The van der Waals surface area contributed by atoms with Gasteiger partial charge in [-0.1, -0.05) is 6.07 Å². The van der Waals surface area contributed by atoms with Crippen LogP contribution >= 0.6 is 0 Å². The Kier molecular flexibility index (Phi) is 3.57. The maximum atomic E-state index is 13.9. The first-order chi connectivity index (χ1) is 9.69. The molecule has 3 rings (SSSR count). The molecule has 1 fully saturated rings. The van der Waals surface area contributed by atoms with Gasteiger partial charge >= 0.3 is 0 Å². The van der Waals surface area contributed by atoms with E-state index in [2.05, 4.69) is 24.3 Å². The van der Waals surface area contributed by atoms with E-state index in [0.29, 0.717) is 12.6 Å². The van der Waals surface area contributed by atoms with E-state index >= 15 is 0 Å². The van der Waals surface area contributed by atoms with Gasteiger partial charge in [0.25, 0.3) is 0 Å². The summed E-state index contributed by atoms with van der Waals surface area (Å²) in [7, 11) is 0. The number of benzene rings is 1. The van der Waals surface area contributed by atoms with E-state index in [4.69, 9.17) is 0 Å². The lowest BCUT2D eigenvalue weighted by Crippen LogP contribution is -2.16. The Labute approximate surface area is 118 Å². The molecule has 1 aliphatic carbocycles. The molecule has 0 amide bonds. The molecular formula is C16H20FN3. The van der Waals surface area contributed by atoms with Crippen LogP contribution < -0.4 is 5.32 Å². The van der Waals surface area contributed by atoms with Crippen molar-refractivity contribution in [1.82, 2.24) is 15.1 Å². The smallest absolute Gasteiger partial charge is 0.127 e. The molecule has 1 N–H and O–H groups in total. The quantitative estimate of drug-likeness (QED) is 0.906. The second-order valence-electron chi connectivity index (χ2n) is 5.42. The highest BCUT2D eigenvalue weighted by Gasteiger charge is 2.20. The van der Waals surface area contributed by atoms with Crippen LogP contribution in [0.5, 0.6) is 0 Å². The van der Waals surface area contributed by atoms with Crippen LogP contribution in [-0.4, -0.2) is 15.8 Å². The standard InChI is InChI=1S/C16H20FN3/c1-3-20-11(2)15(10-19-20)12-4-7-16(17)13(8-12)9-18-14-5-6-14/h4,7-8,10,14,18H,3,5-6,9H2,1-2H3. The zero-order valence-electron chi connectivity index (χ0n) is 12.0. The van der Waals surface area contributed by atoms with Crippen LogP contribution in [0.1, 0.15) is 31.0 Å². The maximum Gasteiger partial charge on any atom is 0.127 e. The van der Waals surface area contributed by atoms with Gasteiger partial charge in [-0.2, -0.15) is 5.10 Å². The summed E-state index contributed by atoms with van der Waals surface area (Å²) in [6.07, 6.45) is 4.29. The zero-order chi connectivity index (χ0) is 14.1. The van der Waals surface area contributed by atoms with Crippen molar-refractivity contribution in [3.63, 3.8) is 0 Å². The van der Waals surface area contributed by atoms with Crippen LogP contribution in [0.2, 0.25) is 0 Å². The number of hydrogen-bond acceptors (Lipinski definition) is 2. The number of hydrogen-bond donors (Lipinski definition) is 1. The summed E-state index contributed by atoms with van der Waals surface area (Å²) < 4.78 is 15.8. The molecule has 106 valence electrons. The fourth-order valence-electron chi connectivity index (χ4n) is 2.47. The van der Waals surface area contributed by atoms with Gasteiger partial charge in [0.05, 0.1) is 6.20 Å². The largest absolute Gasteiger partial charge is 0.310 e. The molecule has 20 heavy (non-hydrogen) atoms. The van der Waals surface area contributed by atoms with Crippen molar-refractivity contribution < 1.29 is 4.39 Å². The highest BCUT2D eigenvalue weighted by molar-refractivity contribution is 5.66. The monoisotopic (exact) mass is 273 g/mol. The third-order valence-electron chi connectivity index (χ3n) is 3.92. The van der Waals surface area contributed by atoms with E-state index in [1.165, 1.54) is 12.8 Å². The molecule has 0 spiro atoms. The van der Waals surface area contributed by atoms with Crippen molar-refractivity contribution >= 4 is 0 Å². The lowest BCUT2D eigenvalue weighted by Gasteiger charge is -2.08. The van der Waals surface area contributed by atoms with Crippen LogP contribution in [-0.2, 0) is 13.1 Å². The normalized spacial score (nSPS) is 14.8. The van der Waals surface area contributed by atoms with Gasteiger partial charge in [-0.25, -0.2) is 4.39 Å². The molecule has 0 unspecified atom stereocenters. The molecule has 1 saturated carbocycles. The molecular weight excluding hydrogens is 253 g/mol. The lowest BCUT2D eigenvalue weighted by molar-refractivity contribution is 0.587. The first kappa shape index (κ1) is 13.3. The van der Waals surface area contributed by atoms with Crippen molar-refractivity contribution in [2.75, 3.05) is 0 Å². The minimum absolute atomic E-state index is 0.137. The maximum absolute atomic E-state index is 13.9. The molecule has 1 aromatic carbocycles. The number of aromatic nitrogens is 2. The summed E-state index contributed by atoms with van der Waals surface area (Å²) >= 11 is 0. The van der Waals surface area contributed by atoms with Gasteiger partial charge in [-0.05, 0) is 44.4 Å². The highest BCUT2D eigenvalue weighted by atomic mass is 19.1. The second kappa shape index (κ2) is 5.37. The number of rotatable bonds is 5. The fourth-order valence-corrected chi connectivity index (χ4v) is 2.47. The third-order valence-corrected chi connectivity index (χ3v) is 3.92. The number of nitrogens with zero attached hydrogens (tertiary/aromatic N) is 2. The van der Waals surface area contributed by atoms with Crippen molar-refractivity contribution in [2.45, 2.75) is 45.8 Å². The molecule has 0 bridgehead atoms. The molecule has 0 atom stereocenters. The Hall–Kier alpha value is -1.68. The minimum atomic E-state index is -0.137. The number of nitrogens with one attached hydrogen (secondary N) is 1. The summed E-state index contributed by atoms with van der Waals surface area (Å²) in [5.74, 6) is -0.137. The predicted molar refractivity (Wildman–Crippen MR) is 77.9 cm³/mol.